The molecule has 0 atom stereocenters. The molecular formula is C24H22F3N5O2. The Hall–Kier alpha value is -3.95. The van der Waals surface area contributed by atoms with Crippen molar-refractivity contribution in [1.29, 1.82) is 0 Å². The van der Waals surface area contributed by atoms with Crippen molar-refractivity contribution in [2.75, 3.05) is 24.5 Å². The largest absolute Gasteiger partial charge is 0.506 e. The minimum Gasteiger partial charge on any atom is -0.506 e. The zero-order chi connectivity index (χ0) is 23.9. The van der Waals surface area contributed by atoms with Gasteiger partial charge in [-0.15, -0.1) is 0 Å². The SMILES string of the molecule is O=C(NCCc1c[nH]cn1)C1CN(c2cccc(-n3cc(O)c4cc(C(F)(F)F)ccc43)c2)C1. The standard InChI is InChI=1S/C24H22F3N5O2/c25-24(26,27)16-4-5-21-20(8-16)22(33)13-32(21)19-3-1-2-18(9-19)31-11-15(12-31)23(34)29-7-6-17-10-28-14-30-17/h1-5,8-10,13-15,33H,6-7,11-12H2,(H,28,30)(H,29,34). The molecule has 0 bridgehead atoms. The molecular weight excluding hydrogens is 447 g/mol. The van der Waals surface area contributed by atoms with Crippen molar-refractivity contribution in [1.82, 2.24) is 19.9 Å². The Balaban J connectivity index is 1.27. The van der Waals surface area contributed by atoms with E-state index in [1.165, 1.54) is 12.3 Å². The molecule has 10 heteroatoms. The number of fused-ring (bicyclic) bond motifs is 1. The summed E-state index contributed by atoms with van der Waals surface area (Å²) >= 11 is 0. The van der Waals surface area contributed by atoms with E-state index in [-0.39, 0.29) is 23.0 Å². The maximum atomic E-state index is 13.1. The predicted molar refractivity (Wildman–Crippen MR) is 121 cm³/mol. The van der Waals surface area contributed by atoms with Gasteiger partial charge in [-0.2, -0.15) is 13.2 Å². The number of imidazole rings is 1. The lowest BCUT2D eigenvalue weighted by Gasteiger charge is -2.40. The van der Waals surface area contributed by atoms with Crippen molar-refractivity contribution in [2.45, 2.75) is 12.6 Å². The van der Waals surface area contributed by atoms with Gasteiger partial charge in [0.25, 0.3) is 0 Å². The van der Waals surface area contributed by atoms with Crippen LogP contribution in [0.1, 0.15) is 11.3 Å². The molecule has 0 spiro atoms. The third-order valence-electron chi connectivity index (χ3n) is 6.07. The third kappa shape index (κ3) is 4.18. The molecule has 1 saturated heterocycles. The minimum atomic E-state index is -4.48. The number of halogens is 3. The molecule has 34 heavy (non-hydrogen) atoms. The van der Waals surface area contributed by atoms with Gasteiger partial charge in [-0.05, 0) is 36.4 Å². The maximum Gasteiger partial charge on any atom is 0.416 e. The van der Waals surface area contributed by atoms with Gasteiger partial charge in [0.05, 0.1) is 35.2 Å². The highest BCUT2D eigenvalue weighted by Gasteiger charge is 2.33. The summed E-state index contributed by atoms with van der Waals surface area (Å²) in [6.07, 6.45) is 0.993. The zero-order valence-corrected chi connectivity index (χ0v) is 18.0. The highest BCUT2D eigenvalue weighted by molar-refractivity contribution is 5.89. The molecule has 2 aromatic heterocycles. The number of hydrogen-bond acceptors (Lipinski definition) is 4. The first-order chi connectivity index (χ1) is 16.3. The lowest BCUT2D eigenvalue weighted by atomic mass is 9.98. The molecule has 1 amide bonds. The number of hydrogen-bond donors (Lipinski definition) is 3. The van der Waals surface area contributed by atoms with Gasteiger partial charge in [-0.1, -0.05) is 6.07 Å². The van der Waals surface area contributed by atoms with Crippen molar-refractivity contribution < 1.29 is 23.1 Å². The zero-order valence-electron chi connectivity index (χ0n) is 18.0. The smallest absolute Gasteiger partial charge is 0.416 e. The molecule has 1 aliphatic rings. The highest BCUT2D eigenvalue weighted by atomic mass is 19.4. The Labute approximate surface area is 192 Å². The Bertz CT molecular complexity index is 1320. The summed E-state index contributed by atoms with van der Waals surface area (Å²) in [6, 6.07) is 10.8. The number of alkyl halides is 3. The van der Waals surface area contributed by atoms with Crippen LogP contribution in [0.3, 0.4) is 0 Å². The monoisotopic (exact) mass is 469 g/mol. The summed E-state index contributed by atoms with van der Waals surface area (Å²) in [5.41, 5.74) is 2.16. The van der Waals surface area contributed by atoms with Crippen molar-refractivity contribution in [3.63, 3.8) is 0 Å². The topological polar surface area (TPSA) is 86.2 Å². The van der Waals surface area contributed by atoms with Crippen LogP contribution in [-0.4, -0.2) is 45.2 Å². The van der Waals surface area contributed by atoms with E-state index in [0.717, 1.165) is 23.5 Å². The van der Waals surface area contributed by atoms with E-state index >= 15 is 0 Å². The normalized spacial score (nSPS) is 14.4. The Morgan fingerprint density at radius 3 is 2.71 bits per heavy atom. The van der Waals surface area contributed by atoms with E-state index in [0.29, 0.717) is 37.3 Å². The van der Waals surface area contributed by atoms with Crippen molar-refractivity contribution in [3.8, 4) is 11.4 Å². The van der Waals surface area contributed by atoms with Crippen LogP contribution in [0.5, 0.6) is 5.75 Å². The summed E-state index contributed by atoms with van der Waals surface area (Å²) < 4.78 is 40.8. The highest BCUT2D eigenvalue weighted by Crippen LogP contribution is 2.37. The summed E-state index contributed by atoms with van der Waals surface area (Å²) in [7, 11) is 0. The van der Waals surface area contributed by atoms with E-state index in [2.05, 4.69) is 20.2 Å². The first-order valence-electron chi connectivity index (χ1n) is 10.8. The quantitative estimate of drug-likeness (QED) is 0.400. The number of anilines is 1. The van der Waals surface area contributed by atoms with Gasteiger partial charge in [0, 0.05) is 49.0 Å². The van der Waals surface area contributed by atoms with Crippen molar-refractivity contribution in [2.24, 2.45) is 5.92 Å². The van der Waals surface area contributed by atoms with Gasteiger partial charge < -0.3 is 24.9 Å². The van der Waals surface area contributed by atoms with Crippen molar-refractivity contribution >= 4 is 22.5 Å². The van der Waals surface area contributed by atoms with E-state index in [1.807, 2.05) is 24.3 Å². The Morgan fingerprint density at radius 2 is 1.97 bits per heavy atom. The summed E-state index contributed by atoms with van der Waals surface area (Å²) in [5.74, 6) is -0.327. The van der Waals surface area contributed by atoms with E-state index in [9.17, 15) is 23.1 Å². The molecule has 1 fully saturated rings. The average Bonchev–Trinajstić information content (AvgIpc) is 3.40. The van der Waals surface area contributed by atoms with E-state index in [4.69, 9.17) is 0 Å². The molecule has 1 aliphatic heterocycles. The molecule has 3 heterocycles. The minimum absolute atomic E-state index is 0.00438. The van der Waals surface area contributed by atoms with Crippen LogP contribution in [0.4, 0.5) is 18.9 Å². The predicted octanol–water partition coefficient (Wildman–Crippen LogP) is 3.87. The second-order valence-corrected chi connectivity index (χ2v) is 8.34. The number of amides is 1. The number of nitrogens with zero attached hydrogens (tertiary/aromatic N) is 3. The summed E-state index contributed by atoms with van der Waals surface area (Å²) in [6.45, 7) is 1.67. The van der Waals surface area contributed by atoms with Crippen LogP contribution >= 0.6 is 0 Å². The van der Waals surface area contributed by atoms with Crippen LogP contribution in [0.15, 0.2) is 61.2 Å². The molecule has 5 rings (SSSR count). The number of nitrogens with one attached hydrogen (secondary N) is 2. The van der Waals surface area contributed by atoms with Crippen LogP contribution in [0, 0.1) is 5.92 Å². The third-order valence-corrected chi connectivity index (χ3v) is 6.07. The summed E-state index contributed by atoms with van der Waals surface area (Å²) in [5, 5.41) is 13.3. The van der Waals surface area contributed by atoms with Crippen LogP contribution in [0.25, 0.3) is 16.6 Å². The molecule has 0 unspecified atom stereocenters. The lowest BCUT2D eigenvalue weighted by Crippen LogP contribution is -2.54. The Kier molecular flexibility index (Phi) is 5.43. The number of carbonyl (C=O) groups excluding carboxylic acids is 1. The number of rotatable bonds is 6. The molecule has 3 N–H and O–H groups in total. The molecule has 0 aliphatic carbocycles. The summed E-state index contributed by atoms with van der Waals surface area (Å²) in [4.78, 5) is 21.5. The van der Waals surface area contributed by atoms with Gasteiger partial charge in [-0.25, -0.2) is 4.98 Å². The Morgan fingerprint density at radius 1 is 1.18 bits per heavy atom. The van der Waals surface area contributed by atoms with Gasteiger partial charge >= 0.3 is 6.18 Å². The second kappa shape index (κ2) is 8.44. The second-order valence-electron chi connectivity index (χ2n) is 8.34. The number of carbonyl (C=O) groups is 1. The fraction of sp³-hybridized carbons (Fsp3) is 0.250. The number of benzene rings is 2. The van der Waals surface area contributed by atoms with Crippen LogP contribution in [-0.2, 0) is 17.4 Å². The fourth-order valence-electron chi connectivity index (χ4n) is 4.18. The average molecular weight is 469 g/mol. The van der Waals surface area contributed by atoms with Gasteiger partial charge in [0.1, 0.15) is 5.75 Å². The molecule has 7 nitrogen and oxygen atoms in total. The molecule has 176 valence electrons. The van der Waals surface area contributed by atoms with Crippen LogP contribution in [0.2, 0.25) is 0 Å². The fourth-order valence-corrected chi connectivity index (χ4v) is 4.18. The molecule has 4 aromatic rings. The maximum absolute atomic E-state index is 13.1. The first kappa shape index (κ1) is 21.9. The molecule has 2 aromatic carbocycles. The lowest BCUT2D eigenvalue weighted by molar-refractivity contribution is -0.137. The number of aromatic nitrogens is 3. The number of aromatic amines is 1. The first-order valence-corrected chi connectivity index (χ1v) is 10.8. The van der Waals surface area contributed by atoms with Gasteiger partial charge in [0.2, 0.25) is 5.91 Å². The number of H-pyrrole nitrogens is 1. The van der Waals surface area contributed by atoms with Gasteiger partial charge in [-0.3, -0.25) is 4.79 Å². The van der Waals surface area contributed by atoms with Crippen molar-refractivity contribution in [3.05, 3.63) is 72.4 Å². The number of aromatic hydroxyl groups is 1. The van der Waals surface area contributed by atoms with Crippen LogP contribution < -0.4 is 10.2 Å². The molecule has 0 saturated carbocycles. The van der Waals surface area contributed by atoms with E-state index < -0.39 is 11.7 Å². The molecule has 0 radical (unpaired) electrons. The van der Waals surface area contributed by atoms with E-state index in [1.54, 1.807) is 17.1 Å². The van der Waals surface area contributed by atoms with Gasteiger partial charge in [0.15, 0.2) is 0 Å².